The number of benzene rings is 1. The minimum absolute atomic E-state index is 0.507. The molecule has 0 amide bonds. The van der Waals surface area contributed by atoms with Crippen molar-refractivity contribution in [2.75, 3.05) is 25.0 Å². The summed E-state index contributed by atoms with van der Waals surface area (Å²) >= 11 is 1.66. The smallest absolute Gasteiger partial charge is 0.188 e. The van der Waals surface area contributed by atoms with E-state index in [1.54, 1.807) is 11.3 Å². The molecule has 1 aromatic carbocycles. The summed E-state index contributed by atoms with van der Waals surface area (Å²) in [5.41, 5.74) is 6.73. The Balaban J connectivity index is 1.76. The fourth-order valence-electron chi connectivity index (χ4n) is 1.60. The Morgan fingerprint density at radius 2 is 2.21 bits per heavy atom. The van der Waals surface area contributed by atoms with Crippen molar-refractivity contribution in [1.82, 2.24) is 10.3 Å². The second-order valence-electron chi connectivity index (χ2n) is 4.11. The summed E-state index contributed by atoms with van der Waals surface area (Å²) in [7, 11) is 0. The summed E-state index contributed by atoms with van der Waals surface area (Å²) in [4.78, 5) is 8.66. The largest absolute Gasteiger partial charge is 0.370 e. The van der Waals surface area contributed by atoms with Gasteiger partial charge in [-0.3, -0.25) is 4.99 Å². The number of aliphatic imine (C=N–C) groups is 1. The number of hydrogen-bond donors (Lipinski definition) is 3. The third kappa shape index (κ3) is 4.10. The first-order valence-corrected chi connectivity index (χ1v) is 7.24. The van der Waals surface area contributed by atoms with Gasteiger partial charge in [0, 0.05) is 19.6 Å². The number of hydrogen-bond acceptors (Lipinski definition) is 4. The van der Waals surface area contributed by atoms with E-state index in [0.717, 1.165) is 36.7 Å². The minimum Gasteiger partial charge on any atom is -0.370 e. The van der Waals surface area contributed by atoms with Crippen LogP contribution < -0.4 is 16.4 Å². The van der Waals surface area contributed by atoms with Crippen molar-refractivity contribution in [3.05, 3.63) is 24.3 Å². The normalized spacial score (nSPS) is 11.7. The molecule has 0 aliphatic heterocycles. The predicted molar refractivity (Wildman–Crippen MR) is 82.9 cm³/mol. The fourth-order valence-corrected chi connectivity index (χ4v) is 2.49. The zero-order valence-electron chi connectivity index (χ0n) is 11.0. The Labute approximate surface area is 116 Å². The molecule has 2 aromatic rings. The minimum atomic E-state index is 0.507. The van der Waals surface area contributed by atoms with Crippen LogP contribution in [-0.2, 0) is 0 Å². The van der Waals surface area contributed by atoms with Crippen LogP contribution >= 0.6 is 11.3 Å². The maximum absolute atomic E-state index is 5.70. The van der Waals surface area contributed by atoms with Gasteiger partial charge in [-0.05, 0) is 18.6 Å². The molecule has 19 heavy (non-hydrogen) atoms. The Hall–Kier alpha value is -1.82. The number of para-hydroxylation sites is 1. The molecule has 0 spiro atoms. The maximum Gasteiger partial charge on any atom is 0.188 e. The van der Waals surface area contributed by atoms with Crippen molar-refractivity contribution in [3.63, 3.8) is 0 Å². The summed E-state index contributed by atoms with van der Waals surface area (Å²) in [5, 5.41) is 7.28. The first kappa shape index (κ1) is 13.6. The van der Waals surface area contributed by atoms with Crippen molar-refractivity contribution in [2.24, 2.45) is 10.7 Å². The highest BCUT2D eigenvalue weighted by molar-refractivity contribution is 7.22. The summed E-state index contributed by atoms with van der Waals surface area (Å²) in [5.74, 6) is 0.507. The number of fused-ring (bicyclic) bond motifs is 1. The maximum atomic E-state index is 5.70. The highest BCUT2D eigenvalue weighted by atomic mass is 32.1. The van der Waals surface area contributed by atoms with Gasteiger partial charge in [0.15, 0.2) is 11.1 Å². The van der Waals surface area contributed by atoms with Crippen LogP contribution in [0.2, 0.25) is 0 Å². The van der Waals surface area contributed by atoms with E-state index >= 15 is 0 Å². The van der Waals surface area contributed by atoms with Gasteiger partial charge < -0.3 is 16.4 Å². The first-order valence-electron chi connectivity index (χ1n) is 6.43. The number of nitrogens with zero attached hydrogens (tertiary/aromatic N) is 2. The predicted octanol–water partition coefficient (Wildman–Crippen LogP) is 2.02. The third-order valence-corrected chi connectivity index (χ3v) is 3.50. The lowest BCUT2D eigenvalue weighted by Gasteiger charge is -2.05. The number of nitrogens with two attached hydrogens (primary N) is 1. The summed E-state index contributed by atoms with van der Waals surface area (Å²) in [6.45, 7) is 4.34. The van der Waals surface area contributed by atoms with Crippen LogP contribution in [0.25, 0.3) is 10.2 Å². The number of thiazole rings is 1. The zero-order chi connectivity index (χ0) is 13.5. The Bertz CT molecular complexity index is 516. The van der Waals surface area contributed by atoms with Crippen LogP contribution in [0.15, 0.2) is 29.3 Å². The van der Waals surface area contributed by atoms with Crippen LogP contribution in [0.4, 0.5) is 5.13 Å². The standard InChI is InChI=1S/C13H19N5S/c1-2-7-15-12(14)16-8-9-17-13-18-10-5-3-4-6-11(10)19-13/h3-6H,2,7-9H2,1H3,(H,17,18)(H3,14,15,16). The van der Waals surface area contributed by atoms with Crippen molar-refractivity contribution in [2.45, 2.75) is 13.3 Å². The zero-order valence-corrected chi connectivity index (χ0v) is 11.8. The first-order chi connectivity index (χ1) is 9.29. The monoisotopic (exact) mass is 277 g/mol. The second kappa shape index (κ2) is 6.94. The highest BCUT2D eigenvalue weighted by Crippen LogP contribution is 2.24. The quantitative estimate of drug-likeness (QED) is 0.429. The average molecular weight is 277 g/mol. The van der Waals surface area contributed by atoms with Crippen LogP contribution in [0.3, 0.4) is 0 Å². The summed E-state index contributed by atoms with van der Waals surface area (Å²) < 4.78 is 1.20. The van der Waals surface area contributed by atoms with E-state index in [2.05, 4.69) is 33.6 Å². The molecule has 4 N–H and O–H groups in total. The molecule has 0 aliphatic carbocycles. The number of aromatic nitrogens is 1. The molecule has 1 heterocycles. The molecule has 0 fully saturated rings. The molecule has 0 radical (unpaired) electrons. The topological polar surface area (TPSA) is 75.3 Å². The van der Waals surface area contributed by atoms with E-state index in [9.17, 15) is 0 Å². The molecule has 102 valence electrons. The van der Waals surface area contributed by atoms with E-state index in [4.69, 9.17) is 5.73 Å². The Morgan fingerprint density at radius 3 is 3.00 bits per heavy atom. The average Bonchev–Trinajstić information content (AvgIpc) is 2.84. The Morgan fingerprint density at radius 1 is 1.37 bits per heavy atom. The van der Waals surface area contributed by atoms with E-state index in [1.165, 1.54) is 4.70 Å². The number of rotatable bonds is 6. The van der Waals surface area contributed by atoms with Crippen LogP contribution in [0.5, 0.6) is 0 Å². The van der Waals surface area contributed by atoms with Gasteiger partial charge in [-0.2, -0.15) is 0 Å². The van der Waals surface area contributed by atoms with Crippen LogP contribution in [0, 0.1) is 0 Å². The lowest BCUT2D eigenvalue weighted by molar-refractivity contribution is 0.865. The van der Waals surface area contributed by atoms with Gasteiger partial charge in [0.1, 0.15) is 0 Å². The van der Waals surface area contributed by atoms with E-state index in [0.29, 0.717) is 5.96 Å². The summed E-state index contributed by atoms with van der Waals surface area (Å²) in [6.07, 6.45) is 1.01. The fraction of sp³-hybridized carbons (Fsp3) is 0.385. The van der Waals surface area contributed by atoms with Gasteiger partial charge in [0.25, 0.3) is 0 Å². The molecule has 5 nitrogen and oxygen atoms in total. The molecule has 0 unspecified atom stereocenters. The molecule has 0 atom stereocenters. The molecule has 0 saturated carbocycles. The van der Waals surface area contributed by atoms with Gasteiger partial charge in [0.05, 0.1) is 10.2 Å². The highest BCUT2D eigenvalue weighted by Gasteiger charge is 2.01. The van der Waals surface area contributed by atoms with E-state index < -0.39 is 0 Å². The lowest BCUT2D eigenvalue weighted by Crippen LogP contribution is -2.35. The van der Waals surface area contributed by atoms with Gasteiger partial charge >= 0.3 is 0 Å². The molecule has 2 rings (SSSR count). The number of guanidine groups is 1. The number of anilines is 1. The molecule has 0 bridgehead atoms. The molecule has 1 aromatic heterocycles. The van der Waals surface area contributed by atoms with Crippen LogP contribution in [-0.4, -0.2) is 30.6 Å². The van der Waals surface area contributed by atoms with E-state index in [-0.39, 0.29) is 0 Å². The van der Waals surface area contributed by atoms with Gasteiger partial charge in [-0.1, -0.05) is 30.4 Å². The molecular weight excluding hydrogens is 258 g/mol. The van der Waals surface area contributed by atoms with Gasteiger partial charge in [0.2, 0.25) is 0 Å². The van der Waals surface area contributed by atoms with Crippen molar-refractivity contribution < 1.29 is 0 Å². The third-order valence-electron chi connectivity index (χ3n) is 2.51. The number of nitrogens with one attached hydrogen (secondary N) is 2. The molecule has 0 saturated heterocycles. The van der Waals surface area contributed by atoms with Crippen molar-refractivity contribution in [1.29, 1.82) is 0 Å². The second-order valence-corrected chi connectivity index (χ2v) is 5.14. The van der Waals surface area contributed by atoms with E-state index in [1.807, 2.05) is 18.2 Å². The molecule has 0 aliphatic rings. The van der Waals surface area contributed by atoms with Gasteiger partial charge in [-0.15, -0.1) is 0 Å². The van der Waals surface area contributed by atoms with Crippen molar-refractivity contribution >= 4 is 32.6 Å². The van der Waals surface area contributed by atoms with Crippen LogP contribution in [0.1, 0.15) is 13.3 Å². The van der Waals surface area contributed by atoms with Crippen molar-refractivity contribution in [3.8, 4) is 0 Å². The summed E-state index contributed by atoms with van der Waals surface area (Å²) in [6, 6.07) is 8.12. The Kier molecular flexibility index (Phi) is 4.97. The molecule has 6 heteroatoms. The SMILES string of the molecule is CCCN=C(N)NCCNc1nc2ccccc2s1. The lowest BCUT2D eigenvalue weighted by atomic mass is 10.3. The van der Waals surface area contributed by atoms with Gasteiger partial charge in [-0.25, -0.2) is 4.98 Å². The molecular formula is C13H19N5S.